The highest BCUT2D eigenvalue weighted by molar-refractivity contribution is 6.20. The van der Waals surface area contributed by atoms with Crippen molar-refractivity contribution in [3.05, 3.63) is 34.9 Å². The lowest BCUT2D eigenvalue weighted by Crippen LogP contribution is -2.53. The lowest BCUT2D eigenvalue weighted by molar-refractivity contribution is 0.0261. The number of halogens is 1. The van der Waals surface area contributed by atoms with Crippen LogP contribution in [0.25, 0.3) is 0 Å². The molecule has 3 rings (SSSR count). The topological polar surface area (TPSA) is 12.0 Å². The summed E-state index contributed by atoms with van der Waals surface area (Å²) in [4.78, 5) is 0. The first-order valence-corrected chi connectivity index (χ1v) is 10.7. The third-order valence-electron chi connectivity index (χ3n) is 7.12. The minimum Gasteiger partial charge on any atom is -0.315 e. The molecule has 1 aromatic rings. The fourth-order valence-corrected chi connectivity index (χ4v) is 5.88. The van der Waals surface area contributed by atoms with Gasteiger partial charge in [-0.1, -0.05) is 52.3 Å². The van der Waals surface area contributed by atoms with Crippen LogP contribution in [-0.4, -0.2) is 18.5 Å². The second-order valence-corrected chi connectivity index (χ2v) is 10.2. The first-order chi connectivity index (χ1) is 11.8. The second-order valence-electron chi connectivity index (χ2n) is 9.50. The summed E-state index contributed by atoms with van der Waals surface area (Å²) in [6.45, 7) is 13.8. The van der Waals surface area contributed by atoms with Crippen molar-refractivity contribution in [1.82, 2.24) is 5.32 Å². The lowest BCUT2D eigenvalue weighted by atomic mass is 9.49. The first kappa shape index (κ1) is 19.2. The van der Waals surface area contributed by atoms with Crippen LogP contribution in [0.5, 0.6) is 0 Å². The van der Waals surface area contributed by atoms with Gasteiger partial charge in [-0.2, -0.15) is 0 Å². The van der Waals surface area contributed by atoms with Gasteiger partial charge in [0.25, 0.3) is 0 Å². The molecule has 140 valence electrons. The van der Waals surface area contributed by atoms with Crippen molar-refractivity contribution < 1.29 is 0 Å². The Morgan fingerprint density at radius 2 is 1.96 bits per heavy atom. The van der Waals surface area contributed by atoms with E-state index in [1.54, 1.807) is 11.1 Å². The molecule has 0 spiro atoms. The fourth-order valence-electron chi connectivity index (χ4n) is 5.77. The van der Waals surface area contributed by atoms with Gasteiger partial charge >= 0.3 is 0 Å². The van der Waals surface area contributed by atoms with E-state index in [0.29, 0.717) is 16.7 Å². The number of nitrogens with one attached hydrogen (secondary N) is 1. The molecule has 1 N–H and O–H groups in total. The van der Waals surface area contributed by atoms with E-state index in [2.05, 4.69) is 58.1 Å². The maximum atomic E-state index is 6.15. The highest BCUT2D eigenvalue weighted by atomic mass is 35.5. The van der Waals surface area contributed by atoms with Gasteiger partial charge in [0.05, 0.1) is 0 Å². The van der Waals surface area contributed by atoms with Crippen LogP contribution in [-0.2, 0) is 11.8 Å². The molecule has 0 saturated heterocycles. The average Bonchev–Trinajstić information content (AvgIpc) is 2.53. The molecule has 0 radical (unpaired) electrons. The number of benzene rings is 1. The SMILES string of the molecule is CC(Cl)CNCC1(C)CCCC2(C)c3ccc(C(C)C)cc3CCC12. The number of alkyl halides is 1. The Hall–Kier alpha value is -0.530. The molecule has 0 aliphatic heterocycles. The Morgan fingerprint density at radius 1 is 1.20 bits per heavy atom. The van der Waals surface area contributed by atoms with E-state index in [1.165, 1.54) is 37.7 Å². The Kier molecular flexibility index (Phi) is 5.57. The van der Waals surface area contributed by atoms with Gasteiger partial charge < -0.3 is 5.32 Å². The smallest absolute Gasteiger partial charge is 0.0432 e. The molecule has 4 atom stereocenters. The van der Waals surface area contributed by atoms with E-state index in [9.17, 15) is 0 Å². The summed E-state index contributed by atoms with van der Waals surface area (Å²) in [5.74, 6) is 1.39. The maximum absolute atomic E-state index is 6.15. The third kappa shape index (κ3) is 3.65. The van der Waals surface area contributed by atoms with Crippen molar-refractivity contribution in [2.24, 2.45) is 11.3 Å². The standard InChI is InChI=1S/C23H36ClN/c1-16(2)18-7-9-20-19(13-18)8-10-21-22(4,15-25-14-17(3)24)11-6-12-23(20,21)5/h7,9,13,16-17,21,25H,6,8,10-12,14-15H2,1-5H3. The first-order valence-electron chi connectivity index (χ1n) is 10.2. The summed E-state index contributed by atoms with van der Waals surface area (Å²) in [6, 6.07) is 7.36. The molecule has 0 heterocycles. The third-order valence-corrected chi connectivity index (χ3v) is 7.28. The predicted octanol–water partition coefficient (Wildman–Crippen LogP) is 6.04. The normalized spacial score (nSPS) is 33.0. The minimum atomic E-state index is 0.208. The minimum absolute atomic E-state index is 0.208. The van der Waals surface area contributed by atoms with Crippen molar-refractivity contribution in [2.45, 2.75) is 83.4 Å². The van der Waals surface area contributed by atoms with Crippen LogP contribution >= 0.6 is 11.6 Å². The molecule has 2 aliphatic carbocycles. The van der Waals surface area contributed by atoms with Crippen molar-refractivity contribution in [1.29, 1.82) is 0 Å². The molecule has 4 unspecified atom stereocenters. The van der Waals surface area contributed by atoms with Crippen LogP contribution in [0, 0.1) is 11.3 Å². The van der Waals surface area contributed by atoms with Crippen molar-refractivity contribution >= 4 is 11.6 Å². The summed E-state index contributed by atoms with van der Waals surface area (Å²) in [5, 5.41) is 3.87. The number of aryl methyl sites for hydroxylation is 1. The van der Waals surface area contributed by atoms with Crippen LogP contribution in [0.2, 0.25) is 0 Å². The summed E-state index contributed by atoms with van der Waals surface area (Å²) < 4.78 is 0. The number of hydrogen-bond acceptors (Lipinski definition) is 1. The Balaban J connectivity index is 1.88. The highest BCUT2D eigenvalue weighted by Crippen LogP contribution is 2.57. The van der Waals surface area contributed by atoms with Crippen LogP contribution < -0.4 is 5.32 Å². The molecule has 0 bridgehead atoms. The van der Waals surface area contributed by atoms with Crippen LogP contribution in [0.4, 0.5) is 0 Å². The molecule has 2 heteroatoms. The number of rotatable bonds is 5. The van der Waals surface area contributed by atoms with Crippen molar-refractivity contribution in [2.75, 3.05) is 13.1 Å². The molecule has 25 heavy (non-hydrogen) atoms. The summed E-state index contributed by atoms with van der Waals surface area (Å²) in [5.41, 5.74) is 5.48. The predicted molar refractivity (Wildman–Crippen MR) is 110 cm³/mol. The zero-order valence-electron chi connectivity index (χ0n) is 16.8. The van der Waals surface area contributed by atoms with Gasteiger partial charge in [-0.05, 0) is 72.0 Å². The second kappa shape index (κ2) is 7.24. The van der Waals surface area contributed by atoms with Gasteiger partial charge in [-0.3, -0.25) is 0 Å². The zero-order chi connectivity index (χ0) is 18.2. The lowest BCUT2D eigenvalue weighted by Gasteiger charge is -2.56. The highest BCUT2D eigenvalue weighted by Gasteiger charge is 2.51. The Labute approximate surface area is 159 Å². The molecule has 1 nitrogen and oxygen atoms in total. The Morgan fingerprint density at radius 3 is 2.64 bits per heavy atom. The van der Waals surface area contributed by atoms with Gasteiger partial charge in [0.15, 0.2) is 0 Å². The summed E-state index contributed by atoms with van der Waals surface area (Å²) in [6.07, 6.45) is 6.60. The van der Waals surface area contributed by atoms with Crippen molar-refractivity contribution in [3.8, 4) is 0 Å². The molecule has 1 aromatic carbocycles. The molecule has 1 fully saturated rings. The molecule has 1 saturated carbocycles. The van der Waals surface area contributed by atoms with E-state index >= 15 is 0 Å². The van der Waals surface area contributed by atoms with Gasteiger partial charge in [-0.15, -0.1) is 11.6 Å². The monoisotopic (exact) mass is 361 g/mol. The fraction of sp³-hybridized carbons (Fsp3) is 0.739. The molecule has 0 amide bonds. The van der Waals surface area contributed by atoms with E-state index in [0.717, 1.165) is 19.0 Å². The zero-order valence-corrected chi connectivity index (χ0v) is 17.5. The van der Waals surface area contributed by atoms with E-state index in [-0.39, 0.29) is 5.38 Å². The summed E-state index contributed by atoms with van der Waals surface area (Å²) in [7, 11) is 0. The quantitative estimate of drug-likeness (QED) is 0.630. The maximum Gasteiger partial charge on any atom is 0.0432 e. The average molecular weight is 362 g/mol. The molecule has 2 aliphatic rings. The number of fused-ring (bicyclic) bond motifs is 3. The van der Waals surface area contributed by atoms with Gasteiger partial charge in [0.1, 0.15) is 0 Å². The molecular weight excluding hydrogens is 326 g/mol. The number of hydrogen-bond donors (Lipinski definition) is 1. The van der Waals surface area contributed by atoms with E-state index in [4.69, 9.17) is 11.6 Å². The van der Waals surface area contributed by atoms with E-state index < -0.39 is 0 Å². The van der Waals surface area contributed by atoms with Gasteiger partial charge in [0.2, 0.25) is 0 Å². The molecular formula is C23H36ClN. The largest absolute Gasteiger partial charge is 0.315 e. The van der Waals surface area contributed by atoms with Gasteiger partial charge in [0, 0.05) is 18.5 Å². The van der Waals surface area contributed by atoms with Gasteiger partial charge in [-0.25, -0.2) is 0 Å². The van der Waals surface area contributed by atoms with E-state index in [1.807, 2.05) is 0 Å². The van der Waals surface area contributed by atoms with Crippen molar-refractivity contribution in [3.63, 3.8) is 0 Å². The summed E-state index contributed by atoms with van der Waals surface area (Å²) >= 11 is 6.15. The van der Waals surface area contributed by atoms with Crippen LogP contribution in [0.15, 0.2) is 18.2 Å². The molecule has 0 aromatic heterocycles. The van der Waals surface area contributed by atoms with Crippen LogP contribution in [0.3, 0.4) is 0 Å². The van der Waals surface area contributed by atoms with Crippen LogP contribution in [0.1, 0.15) is 82.9 Å². The Bertz CT molecular complexity index is 608.